The van der Waals surface area contributed by atoms with Crippen molar-refractivity contribution in [3.63, 3.8) is 0 Å². The summed E-state index contributed by atoms with van der Waals surface area (Å²) in [4.78, 5) is 7.91. The van der Waals surface area contributed by atoms with E-state index in [1.54, 1.807) is 0 Å². The predicted molar refractivity (Wildman–Crippen MR) is 114 cm³/mol. The van der Waals surface area contributed by atoms with Crippen molar-refractivity contribution in [2.45, 2.75) is 37.9 Å². The molecule has 2 aromatic heterocycles. The van der Waals surface area contributed by atoms with Crippen LogP contribution in [0.5, 0.6) is 5.88 Å². The van der Waals surface area contributed by atoms with E-state index in [0.717, 1.165) is 25.0 Å². The molecule has 1 aliphatic rings. The largest absolute Gasteiger partial charge is 0.476 e. The summed E-state index contributed by atoms with van der Waals surface area (Å²) in [6.45, 7) is 4.35. The van der Waals surface area contributed by atoms with Crippen molar-refractivity contribution in [1.29, 1.82) is 0 Å². The Morgan fingerprint density at radius 2 is 1.91 bits per heavy atom. The molecule has 8 nitrogen and oxygen atoms in total. The van der Waals surface area contributed by atoms with Crippen LogP contribution in [0.25, 0.3) is 22.5 Å². The Morgan fingerprint density at radius 3 is 2.56 bits per heavy atom. The lowest BCUT2D eigenvalue weighted by molar-refractivity contribution is 0.261. The normalized spacial score (nSPS) is 14.2. The first-order valence-electron chi connectivity index (χ1n) is 9.87. The van der Waals surface area contributed by atoms with Crippen LogP contribution < -0.4 is 9.46 Å². The minimum Gasteiger partial charge on any atom is -0.476 e. The maximum atomic E-state index is 14.8. The number of rotatable bonds is 8. The molecule has 1 aliphatic carbocycles. The number of benzene rings is 1. The quantitative estimate of drug-likeness (QED) is 0.502. The molecule has 0 saturated heterocycles. The van der Waals surface area contributed by atoms with Gasteiger partial charge in [0.15, 0.2) is 5.82 Å². The fourth-order valence-electron chi connectivity index (χ4n) is 2.83. The van der Waals surface area contributed by atoms with Crippen LogP contribution in [0.2, 0.25) is 5.02 Å². The van der Waals surface area contributed by atoms with E-state index in [2.05, 4.69) is 24.9 Å². The van der Waals surface area contributed by atoms with Gasteiger partial charge in [0.2, 0.25) is 5.88 Å². The number of nitrogens with zero attached hydrogens (tertiary/aromatic N) is 3. The van der Waals surface area contributed by atoms with Gasteiger partial charge in [0.25, 0.3) is 15.2 Å². The molecule has 0 amide bonds. The summed E-state index contributed by atoms with van der Waals surface area (Å²) in [7, 11) is -3.91. The number of pyridine rings is 1. The van der Waals surface area contributed by atoms with Gasteiger partial charge in [-0.05, 0) is 37.0 Å². The van der Waals surface area contributed by atoms with Gasteiger partial charge in [0.1, 0.15) is 16.7 Å². The molecule has 0 radical (unpaired) electrons. The molecule has 0 spiro atoms. The first-order valence-corrected chi connectivity index (χ1v) is 11.7. The lowest BCUT2D eigenvalue weighted by Crippen LogP contribution is -2.26. The zero-order chi connectivity index (χ0) is 23.0. The van der Waals surface area contributed by atoms with Gasteiger partial charge < -0.3 is 4.74 Å². The van der Waals surface area contributed by atoms with E-state index in [1.807, 2.05) is 13.8 Å². The number of aromatic nitrogens is 4. The minimum absolute atomic E-state index is 0.0742. The molecule has 4 rings (SSSR count). The topological polar surface area (TPSA) is 110 Å². The number of ether oxygens (including phenoxy) is 1. The summed E-state index contributed by atoms with van der Waals surface area (Å²) in [5.74, 6) is -1.42. The molecule has 1 fully saturated rings. The zero-order valence-electron chi connectivity index (χ0n) is 17.2. The first kappa shape index (κ1) is 22.6. The predicted octanol–water partition coefficient (Wildman–Crippen LogP) is 3.94. The van der Waals surface area contributed by atoms with Gasteiger partial charge >= 0.3 is 0 Å². The maximum absolute atomic E-state index is 14.8. The molecule has 2 heterocycles. The van der Waals surface area contributed by atoms with E-state index in [-0.39, 0.29) is 45.4 Å². The van der Waals surface area contributed by atoms with Gasteiger partial charge in [-0.3, -0.25) is 0 Å². The van der Waals surface area contributed by atoms with Gasteiger partial charge in [0, 0.05) is 23.4 Å². The Bertz CT molecular complexity index is 1260. The van der Waals surface area contributed by atoms with Crippen molar-refractivity contribution in [3.8, 4) is 28.4 Å². The van der Waals surface area contributed by atoms with Crippen LogP contribution in [0.1, 0.15) is 26.7 Å². The lowest BCUT2D eigenvalue weighted by atomic mass is 10.0. The average Bonchev–Trinajstić information content (AvgIpc) is 3.37. The molecule has 32 heavy (non-hydrogen) atoms. The van der Waals surface area contributed by atoms with E-state index in [4.69, 9.17) is 16.3 Å². The SMILES string of the molecule is CC(C)COc1ncc(-c2cc(F)c(-c3n[nH]c(S(=O)(=O)NC4CC4)n3)cc2F)cc1Cl. The highest BCUT2D eigenvalue weighted by atomic mass is 35.5. The van der Waals surface area contributed by atoms with Gasteiger partial charge in [0.05, 0.1) is 12.2 Å². The summed E-state index contributed by atoms with van der Waals surface area (Å²) in [6, 6.07) is 3.16. The number of H-pyrrole nitrogens is 1. The van der Waals surface area contributed by atoms with Crippen LogP contribution in [-0.2, 0) is 10.0 Å². The molecule has 0 aliphatic heterocycles. The third-order valence-corrected chi connectivity index (χ3v) is 6.19. The number of hydrogen-bond donors (Lipinski definition) is 2. The molecule has 0 unspecified atom stereocenters. The first-order chi connectivity index (χ1) is 15.1. The molecule has 170 valence electrons. The highest BCUT2D eigenvalue weighted by Gasteiger charge is 2.30. The third-order valence-electron chi connectivity index (χ3n) is 4.59. The molecule has 3 aromatic rings. The Labute approximate surface area is 188 Å². The lowest BCUT2D eigenvalue weighted by Gasteiger charge is -2.11. The monoisotopic (exact) mass is 483 g/mol. The number of nitrogens with one attached hydrogen (secondary N) is 2. The van der Waals surface area contributed by atoms with Crippen molar-refractivity contribution in [3.05, 3.63) is 41.1 Å². The summed E-state index contributed by atoms with van der Waals surface area (Å²) < 4.78 is 62.0. The van der Waals surface area contributed by atoms with Gasteiger partial charge in [-0.25, -0.2) is 32.0 Å². The van der Waals surface area contributed by atoms with Crippen LogP contribution in [0, 0.1) is 17.6 Å². The van der Waals surface area contributed by atoms with E-state index in [9.17, 15) is 17.2 Å². The molecule has 1 saturated carbocycles. The second-order valence-corrected chi connectivity index (χ2v) is 9.92. The van der Waals surface area contributed by atoms with Crippen LogP contribution in [-0.4, -0.2) is 41.2 Å². The molecule has 0 atom stereocenters. The van der Waals surface area contributed by atoms with Crippen LogP contribution in [0.3, 0.4) is 0 Å². The van der Waals surface area contributed by atoms with E-state index >= 15 is 0 Å². The van der Waals surface area contributed by atoms with Crippen molar-refractivity contribution in [2.75, 3.05) is 6.61 Å². The van der Waals surface area contributed by atoms with Crippen LogP contribution in [0.4, 0.5) is 8.78 Å². The molecule has 12 heteroatoms. The third kappa shape index (κ3) is 4.89. The van der Waals surface area contributed by atoms with Crippen LogP contribution in [0.15, 0.2) is 29.6 Å². The van der Waals surface area contributed by atoms with Gasteiger partial charge in [-0.2, -0.15) is 10.1 Å². The highest BCUT2D eigenvalue weighted by molar-refractivity contribution is 7.89. The van der Waals surface area contributed by atoms with E-state index in [1.165, 1.54) is 12.3 Å². The molecular weight excluding hydrogens is 464 g/mol. The van der Waals surface area contributed by atoms with Crippen molar-refractivity contribution in [1.82, 2.24) is 24.9 Å². The molecule has 0 bridgehead atoms. The van der Waals surface area contributed by atoms with Gasteiger partial charge in [-0.1, -0.05) is 25.4 Å². The summed E-state index contributed by atoms with van der Waals surface area (Å²) >= 11 is 6.18. The minimum atomic E-state index is -3.91. The number of sulfonamides is 1. The molecular formula is C20H20ClF2N5O3S. The summed E-state index contributed by atoms with van der Waals surface area (Å²) in [5.41, 5.74) is -0.108. The van der Waals surface area contributed by atoms with Gasteiger partial charge in [-0.15, -0.1) is 0 Å². The van der Waals surface area contributed by atoms with Crippen molar-refractivity contribution >= 4 is 21.6 Å². The Balaban J connectivity index is 1.61. The number of aromatic amines is 1. The fourth-order valence-corrected chi connectivity index (χ4v) is 4.21. The fraction of sp³-hybridized carbons (Fsp3) is 0.350. The Hall–Kier alpha value is -2.63. The molecule has 2 N–H and O–H groups in total. The summed E-state index contributed by atoms with van der Waals surface area (Å²) in [6.07, 6.45) is 2.82. The van der Waals surface area contributed by atoms with E-state index in [0.29, 0.717) is 6.61 Å². The smallest absolute Gasteiger partial charge is 0.276 e. The Kier molecular flexibility index (Phi) is 6.15. The maximum Gasteiger partial charge on any atom is 0.276 e. The van der Waals surface area contributed by atoms with Crippen LogP contribution >= 0.6 is 11.6 Å². The highest BCUT2D eigenvalue weighted by Crippen LogP contribution is 2.33. The van der Waals surface area contributed by atoms with E-state index < -0.39 is 26.8 Å². The van der Waals surface area contributed by atoms with Crippen molar-refractivity contribution < 1.29 is 21.9 Å². The Morgan fingerprint density at radius 1 is 1.22 bits per heavy atom. The average molecular weight is 484 g/mol. The number of halogens is 3. The standard InChI is InChI=1S/C20H20ClF2N5O3S/c1-10(2)9-31-19-15(21)5-11(8-24-19)13-6-17(23)14(7-16(13)22)18-25-20(27-26-18)32(29,30)28-12-3-4-12/h5-8,10,12,28H,3-4,9H2,1-2H3,(H,25,26,27). The molecule has 1 aromatic carbocycles. The second-order valence-electron chi connectivity index (χ2n) is 7.89. The number of hydrogen-bond acceptors (Lipinski definition) is 6. The zero-order valence-corrected chi connectivity index (χ0v) is 18.8. The second kappa shape index (κ2) is 8.72. The summed E-state index contributed by atoms with van der Waals surface area (Å²) in [5, 5.41) is 5.70. The van der Waals surface area contributed by atoms with Crippen molar-refractivity contribution in [2.24, 2.45) is 5.92 Å².